The van der Waals surface area contributed by atoms with Crippen molar-refractivity contribution in [3.05, 3.63) is 36.3 Å². The van der Waals surface area contributed by atoms with Crippen molar-refractivity contribution >= 4 is 0 Å². The van der Waals surface area contributed by atoms with E-state index < -0.39 is 0 Å². The molecule has 0 aliphatic heterocycles. The van der Waals surface area contributed by atoms with Crippen LogP contribution in [0.4, 0.5) is 4.39 Å². The van der Waals surface area contributed by atoms with Crippen LogP contribution in [0.15, 0.2) is 24.7 Å². The molecule has 0 aliphatic carbocycles. The van der Waals surface area contributed by atoms with Gasteiger partial charge in [-0.3, -0.25) is 9.66 Å². The molecule has 0 fully saturated rings. The summed E-state index contributed by atoms with van der Waals surface area (Å²) in [6.07, 6.45) is 4.56. The topological polar surface area (TPSA) is 42.7 Å². The summed E-state index contributed by atoms with van der Waals surface area (Å²) in [5.74, 6) is 0.459. The largest absolute Gasteiger partial charge is 0.328 e. The molecule has 0 saturated carbocycles. The van der Waals surface area contributed by atoms with Gasteiger partial charge in [0.15, 0.2) is 0 Å². The Morgan fingerprint density at radius 1 is 1.40 bits per heavy atom. The van der Waals surface area contributed by atoms with Gasteiger partial charge < -0.3 is 5.43 Å². The van der Waals surface area contributed by atoms with Gasteiger partial charge in [0, 0.05) is 18.8 Å². The van der Waals surface area contributed by atoms with E-state index in [0.717, 1.165) is 5.82 Å². The van der Waals surface area contributed by atoms with E-state index in [-0.39, 0.29) is 5.82 Å². The molecule has 78 valence electrons. The summed E-state index contributed by atoms with van der Waals surface area (Å²) in [6.45, 7) is 1.87. The van der Waals surface area contributed by atoms with E-state index in [1.165, 1.54) is 12.3 Å². The summed E-state index contributed by atoms with van der Waals surface area (Å²) >= 11 is 0. The van der Waals surface area contributed by atoms with Gasteiger partial charge in [0.25, 0.3) is 0 Å². The van der Waals surface area contributed by atoms with Gasteiger partial charge in [0.2, 0.25) is 0 Å². The lowest BCUT2D eigenvalue weighted by molar-refractivity contribution is 0.622. The predicted octanol–water partition coefficient (Wildman–Crippen LogP) is 1.57. The smallest absolute Gasteiger partial charge is 0.142 e. The molecule has 0 unspecified atom stereocenters. The van der Waals surface area contributed by atoms with Crippen LogP contribution in [-0.4, -0.2) is 21.7 Å². The molecule has 2 aromatic heterocycles. The zero-order valence-corrected chi connectivity index (χ0v) is 8.53. The quantitative estimate of drug-likeness (QED) is 0.811. The molecule has 0 spiro atoms. The third kappa shape index (κ3) is 1.81. The standard InChI is InChI=1S/C10H11FN4/c1-7-14-10(6-15(7)12-2)8-3-9(11)5-13-4-8/h3-6,12H,1-2H3. The zero-order chi connectivity index (χ0) is 10.8. The van der Waals surface area contributed by atoms with Crippen molar-refractivity contribution in [2.75, 3.05) is 12.5 Å². The molecule has 0 saturated heterocycles. The SMILES string of the molecule is CNn1cc(-c2cncc(F)c2)nc1C. The van der Waals surface area contributed by atoms with Crippen molar-refractivity contribution in [3.8, 4) is 11.3 Å². The fourth-order valence-corrected chi connectivity index (χ4v) is 1.39. The van der Waals surface area contributed by atoms with E-state index in [4.69, 9.17) is 0 Å². The van der Waals surface area contributed by atoms with Gasteiger partial charge >= 0.3 is 0 Å². The first-order valence-corrected chi connectivity index (χ1v) is 4.55. The summed E-state index contributed by atoms with van der Waals surface area (Å²) in [5.41, 5.74) is 4.32. The molecule has 5 heteroatoms. The Labute approximate surface area is 86.8 Å². The molecule has 0 bridgehead atoms. The number of aromatic nitrogens is 3. The fraction of sp³-hybridized carbons (Fsp3) is 0.200. The molecular weight excluding hydrogens is 195 g/mol. The Balaban J connectivity index is 2.45. The predicted molar refractivity (Wildman–Crippen MR) is 55.4 cm³/mol. The average Bonchev–Trinajstić information content (AvgIpc) is 2.60. The highest BCUT2D eigenvalue weighted by molar-refractivity contribution is 5.57. The number of imidazole rings is 1. The van der Waals surface area contributed by atoms with E-state index in [1.54, 1.807) is 24.1 Å². The lowest BCUT2D eigenvalue weighted by atomic mass is 10.2. The summed E-state index contributed by atoms with van der Waals surface area (Å²) < 4.78 is 14.7. The maximum Gasteiger partial charge on any atom is 0.142 e. The van der Waals surface area contributed by atoms with Crippen molar-refractivity contribution in [2.45, 2.75) is 6.92 Å². The first kappa shape index (κ1) is 9.64. The summed E-state index contributed by atoms with van der Waals surface area (Å²) in [7, 11) is 1.79. The van der Waals surface area contributed by atoms with E-state index in [2.05, 4.69) is 15.4 Å². The van der Waals surface area contributed by atoms with Crippen LogP contribution in [-0.2, 0) is 0 Å². The van der Waals surface area contributed by atoms with Gasteiger partial charge in [0.1, 0.15) is 11.6 Å². The van der Waals surface area contributed by atoms with Crippen molar-refractivity contribution in [1.82, 2.24) is 14.6 Å². The molecule has 4 nitrogen and oxygen atoms in total. The van der Waals surface area contributed by atoms with E-state index >= 15 is 0 Å². The molecule has 1 N–H and O–H groups in total. The molecule has 2 aromatic rings. The highest BCUT2D eigenvalue weighted by atomic mass is 19.1. The van der Waals surface area contributed by atoms with Crippen LogP contribution in [0.5, 0.6) is 0 Å². The number of hydrogen-bond donors (Lipinski definition) is 1. The first-order chi connectivity index (χ1) is 7.20. The van der Waals surface area contributed by atoms with Gasteiger partial charge in [-0.15, -0.1) is 0 Å². The third-order valence-electron chi connectivity index (χ3n) is 2.12. The monoisotopic (exact) mass is 206 g/mol. The zero-order valence-electron chi connectivity index (χ0n) is 8.53. The number of nitrogens with zero attached hydrogens (tertiary/aromatic N) is 3. The minimum Gasteiger partial charge on any atom is -0.328 e. The van der Waals surface area contributed by atoms with Crippen molar-refractivity contribution in [3.63, 3.8) is 0 Å². The van der Waals surface area contributed by atoms with Gasteiger partial charge in [0.05, 0.1) is 18.1 Å². The van der Waals surface area contributed by atoms with Crippen LogP contribution in [0, 0.1) is 12.7 Å². The third-order valence-corrected chi connectivity index (χ3v) is 2.12. The number of rotatable bonds is 2. The number of hydrogen-bond acceptors (Lipinski definition) is 3. The van der Waals surface area contributed by atoms with Crippen LogP contribution in [0.2, 0.25) is 0 Å². The summed E-state index contributed by atoms with van der Waals surface area (Å²) in [6, 6.07) is 1.41. The van der Waals surface area contributed by atoms with E-state index in [9.17, 15) is 4.39 Å². The Kier molecular flexibility index (Phi) is 2.37. The van der Waals surface area contributed by atoms with Gasteiger partial charge in [-0.2, -0.15) is 0 Å². The number of halogens is 1. The molecule has 0 aromatic carbocycles. The van der Waals surface area contributed by atoms with Crippen LogP contribution in [0.25, 0.3) is 11.3 Å². The minimum absolute atomic E-state index is 0.357. The average molecular weight is 206 g/mol. The molecule has 2 rings (SSSR count). The number of aryl methyl sites for hydroxylation is 1. The fourth-order valence-electron chi connectivity index (χ4n) is 1.39. The highest BCUT2D eigenvalue weighted by Crippen LogP contribution is 2.17. The second-order valence-corrected chi connectivity index (χ2v) is 3.16. The highest BCUT2D eigenvalue weighted by Gasteiger charge is 2.06. The maximum absolute atomic E-state index is 12.9. The lowest BCUT2D eigenvalue weighted by Gasteiger charge is -1.99. The molecule has 2 heterocycles. The Morgan fingerprint density at radius 2 is 2.20 bits per heavy atom. The van der Waals surface area contributed by atoms with Crippen LogP contribution in [0.3, 0.4) is 0 Å². The van der Waals surface area contributed by atoms with Gasteiger partial charge in [-0.25, -0.2) is 9.37 Å². The second kappa shape index (κ2) is 3.68. The van der Waals surface area contributed by atoms with E-state index in [0.29, 0.717) is 11.3 Å². The normalized spacial score (nSPS) is 10.3. The molecular formula is C10H11FN4. The Hall–Kier alpha value is -1.91. The van der Waals surface area contributed by atoms with Gasteiger partial charge in [-0.1, -0.05) is 0 Å². The first-order valence-electron chi connectivity index (χ1n) is 4.55. The second-order valence-electron chi connectivity index (χ2n) is 3.16. The van der Waals surface area contributed by atoms with Crippen molar-refractivity contribution in [2.24, 2.45) is 0 Å². The summed E-state index contributed by atoms with van der Waals surface area (Å²) in [5, 5.41) is 0. The lowest BCUT2D eigenvalue weighted by Crippen LogP contribution is -2.08. The van der Waals surface area contributed by atoms with E-state index in [1.807, 2.05) is 6.92 Å². The van der Waals surface area contributed by atoms with Crippen molar-refractivity contribution in [1.29, 1.82) is 0 Å². The summed E-state index contributed by atoms with van der Waals surface area (Å²) in [4.78, 5) is 8.07. The van der Waals surface area contributed by atoms with Gasteiger partial charge in [-0.05, 0) is 13.0 Å². The molecule has 0 amide bonds. The van der Waals surface area contributed by atoms with Crippen LogP contribution in [0.1, 0.15) is 5.82 Å². The minimum atomic E-state index is -0.357. The Morgan fingerprint density at radius 3 is 2.80 bits per heavy atom. The molecule has 0 aliphatic rings. The maximum atomic E-state index is 12.9. The molecule has 0 atom stereocenters. The van der Waals surface area contributed by atoms with Crippen molar-refractivity contribution < 1.29 is 4.39 Å². The number of pyridine rings is 1. The van der Waals surface area contributed by atoms with Crippen LogP contribution >= 0.6 is 0 Å². The Bertz CT molecular complexity index is 478. The number of nitrogens with one attached hydrogen (secondary N) is 1. The molecule has 0 radical (unpaired) electrons. The molecule has 15 heavy (non-hydrogen) atoms. The van der Waals surface area contributed by atoms with Crippen LogP contribution < -0.4 is 5.43 Å².